The van der Waals surface area contributed by atoms with Crippen molar-refractivity contribution in [2.45, 2.75) is 57.2 Å². The molecule has 174 valence electrons. The number of benzene rings is 1. The molecular formula is C20H24F7N3O. The molecule has 1 aromatic carbocycles. The van der Waals surface area contributed by atoms with E-state index in [1.807, 2.05) is 13.8 Å². The molecule has 1 aromatic rings. The molecular weight excluding hydrogens is 431 g/mol. The summed E-state index contributed by atoms with van der Waals surface area (Å²) in [5.74, 6) is -1.98. The molecule has 1 amide bonds. The average molecular weight is 455 g/mol. The summed E-state index contributed by atoms with van der Waals surface area (Å²) >= 11 is 0. The SMILES string of the molecule is CC(C)CCCC(=O)N(C)C1N(C)C(c2ccc(F)cc2)=NC1(C(F)(F)F)C(F)(F)F. The standard InChI is InChI=1S/C20H24F7N3O/c1-12(2)6-5-7-15(31)29(3)17-18(19(22,23)24,20(25,26)27)28-16(30(17)4)13-8-10-14(21)11-9-13/h8-12,17H,5-7H2,1-4H3. The van der Waals surface area contributed by atoms with Gasteiger partial charge in [0.1, 0.15) is 17.8 Å². The predicted octanol–water partition coefficient (Wildman–Crippen LogP) is 4.99. The van der Waals surface area contributed by atoms with E-state index in [9.17, 15) is 35.5 Å². The van der Waals surface area contributed by atoms with Gasteiger partial charge in [0.05, 0.1) is 0 Å². The van der Waals surface area contributed by atoms with Crippen molar-refractivity contribution in [2.24, 2.45) is 10.9 Å². The summed E-state index contributed by atoms with van der Waals surface area (Å²) in [5.41, 5.74) is -4.69. The van der Waals surface area contributed by atoms with E-state index in [1.54, 1.807) is 0 Å². The van der Waals surface area contributed by atoms with E-state index in [-0.39, 0.29) is 17.9 Å². The fourth-order valence-electron chi connectivity index (χ4n) is 3.66. The lowest BCUT2D eigenvalue weighted by Gasteiger charge is -2.42. The van der Waals surface area contributed by atoms with Crippen molar-refractivity contribution >= 4 is 11.7 Å². The Kier molecular flexibility index (Phi) is 6.97. The van der Waals surface area contributed by atoms with Gasteiger partial charge in [0.25, 0.3) is 5.54 Å². The second-order valence-electron chi connectivity index (χ2n) is 7.98. The lowest BCUT2D eigenvalue weighted by atomic mass is 9.93. The molecule has 0 saturated heterocycles. The normalized spacial score (nSPS) is 19.0. The Labute approximate surface area is 175 Å². The summed E-state index contributed by atoms with van der Waals surface area (Å²) in [6.07, 6.45) is -13.5. The number of nitrogens with zero attached hydrogens (tertiary/aromatic N) is 3. The van der Waals surface area contributed by atoms with Crippen LogP contribution in [0, 0.1) is 11.7 Å². The molecule has 1 aliphatic rings. The van der Waals surface area contributed by atoms with Gasteiger partial charge in [-0.15, -0.1) is 0 Å². The lowest BCUT2D eigenvalue weighted by Crippen LogP contribution is -2.69. The van der Waals surface area contributed by atoms with Gasteiger partial charge in [0, 0.05) is 26.1 Å². The molecule has 0 aromatic heterocycles. The maximum absolute atomic E-state index is 14.0. The minimum atomic E-state index is -5.85. The molecule has 31 heavy (non-hydrogen) atoms. The van der Waals surface area contributed by atoms with Gasteiger partial charge < -0.3 is 9.80 Å². The monoisotopic (exact) mass is 455 g/mol. The highest BCUT2D eigenvalue weighted by Gasteiger charge is 2.79. The minimum Gasteiger partial charge on any atom is -0.336 e. The zero-order chi connectivity index (χ0) is 23.8. The van der Waals surface area contributed by atoms with Crippen molar-refractivity contribution in [3.05, 3.63) is 35.6 Å². The summed E-state index contributed by atoms with van der Waals surface area (Å²) < 4.78 is 97.3. The Balaban J connectivity index is 2.56. The third-order valence-electron chi connectivity index (χ3n) is 5.26. The Morgan fingerprint density at radius 1 is 1.13 bits per heavy atom. The first kappa shape index (κ1) is 24.9. The molecule has 0 radical (unpaired) electrons. The fourth-order valence-corrected chi connectivity index (χ4v) is 3.66. The molecule has 1 unspecified atom stereocenters. The first-order chi connectivity index (χ1) is 14.1. The number of amidine groups is 1. The van der Waals surface area contributed by atoms with Crippen molar-refractivity contribution in [3.63, 3.8) is 0 Å². The maximum atomic E-state index is 14.0. The summed E-state index contributed by atoms with van der Waals surface area (Å²) in [4.78, 5) is 16.8. The molecule has 2 rings (SSSR count). The van der Waals surface area contributed by atoms with E-state index in [2.05, 4.69) is 4.99 Å². The molecule has 0 saturated carbocycles. The van der Waals surface area contributed by atoms with Crippen LogP contribution >= 0.6 is 0 Å². The van der Waals surface area contributed by atoms with Crippen LogP contribution in [0.5, 0.6) is 0 Å². The van der Waals surface area contributed by atoms with Crippen molar-refractivity contribution in [1.82, 2.24) is 9.80 Å². The summed E-state index contributed by atoms with van der Waals surface area (Å²) in [6, 6.07) is 3.88. The van der Waals surface area contributed by atoms with Crippen LogP contribution in [0.25, 0.3) is 0 Å². The topological polar surface area (TPSA) is 35.9 Å². The van der Waals surface area contributed by atoms with Gasteiger partial charge in [-0.25, -0.2) is 9.38 Å². The Hall–Kier alpha value is -2.33. The Morgan fingerprint density at radius 3 is 2.10 bits per heavy atom. The first-order valence-electron chi connectivity index (χ1n) is 9.61. The van der Waals surface area contributed by atoms with Crippen molar-refractivity contribution in [1.29, 1.82) is 0 Å². The van der Waals surface area contributed by atoms with E-state index in [1.165, 1.54) is 0 Å². The molecule has 4 nitrogen and oxygen atoms in total. The van der Waals surface area contributed by atoms with Crippen LogP contribution in [-0.2, 0) is 4.79 Å². The number of alkyl halides is 6. The maximum Gasteiger partial charge on any atom is 0.426 e. The molecule has 1 atom stereocenters. The molecule has 0 aliphatic carbocycles. The molecule has 0 fully saturated rings. The Morgan fingerprint density at radius 2 is 1.65 bits per heavy atom. The minimum absolute atomic E-state index is 0.134. The zero-order valence-electron chi connectivity index (χ0n) is 17.5. The number of likely N-dealkylation sites (N-methyl/N-ethyl adjacent to an activating group) is 2. The van der Waals surface area contributed by atoms with Gasteiger partial charge in [-0.3, -0.25) is 4.79 Å². The predicted molar refractivity (Wildman–Crippen MR) is 101 cm³/mol. The third-order valence-corrected chi connectivity index (χ3v) is 5.26. The van der Waals surface area contributed by atoms with Crippen LogP contribution in [0.2, 0.25) is 0 Å². The molecule has 0 N–H and O–H groups in total. The van der Waals surface area contributed by atoms with E-state index < -0.39 is 41.6 Å². The second-order valence-corrected chi connectivity index (χ2v) is 7.98. The number of hydrogen-bond acceptors (Lipinski definition) is 3. The average Bonchev–Trinajstić information content (AvgIpc) is 2.95. The quantitative estimate of drug-likeness (QED) is 0.567. The Bertz CT molecular complexity index is 802. The molecule has 1 aliphatic heterocycles. The largest absolute Gasteiger partial charge is 0.426 e. The van der Waals surface area contributed by atoms with Gasteiger partial charge in [0.15, 0.2) is 0 Å². The van der Waals surface area contributed by atoms with Crippen LogP contribution in [-0.4, -0.2) is 59.7 Å². The summed E-state index contributed by atoms with van der Waals surface area (Å²) in [6.45, 7) is 3.78. The van der Waals surface area contributed by atoms with Crippen LogP contribution < -0.4 is 0 Å². The van der Waals surface area contributed by atoms with Crippen molar-refractivity contribution < 1.29 is 35.5 Å². The summed E-state index contributed by atoms with van der Waals surface area (Å²) in [5, 5.41) is 0. The highest BCUT2D eigenvalue weighted by molar-refractivity contribution is 6.01. The highest BCUT2D eigenvalue weighted by atomic mass is 19.4. The first-order valence-corrected chi connectivity index (χ1v) is 9.61. The smallest absolute Gasteiger partial charge is 0.336 e. The molecule has 11 heteroatoms. The van der Waals surface area contributed by atoms with Gasteiger partial charge in [-0.1, -0.05) is 20.3 Å². The summed E-state index contributed by atoms with van der Waals surface area (Å²) in [7, 11) is 1.91. The lowest BCUT2D eigenvalue weighted by molar-refractivity contribution is -0.312. The number of aliphatic imine (C=N–C) groups is 1. The zero-order valence-corrected chi connectivity index (χ0v) is 17.5. The van der Waals surface area contributed by atoms with Crippen LogP contribution in [0.15, 0.2) is 29.3 Å². The second kappa shape index (κ2) is 8.66. The fraction of sp³-hybridized carbons (Fsp3) is 0.600. The van der Waals surface area contributed by atoms with Gasteiger partial charge in [-0.2, -0.15) is 26.3 Å². The third kappa shape index (κ3) is 4.64. The highest BCUT2D eigenvalue weighted by Crippen LogP contribution is 2.53. The van der Waals surface area contributed by atoms with Crippen LogP contribution in [0.3, 0.4) is 0 Å². The van der Waals surface area contributed by atoms with Gasteiger partial charge in [0.2, 0.25) is 5.91 Å². The number of amides is 1. The van der Waals surface area contributed by atoms with Crippen molar-refractivity contribution in [2.75, 3.05) is 14.1 Å². The number of rotatable bonds is 6. The molecule has 1 heterocycles. The number of carbonyl (C=O) groups excluding carboxylic acids is 1. The van der Waals surface area contributed by atoms with Gasteiger partial charge >= 0.3 is 12.4 Å². The van der Waals surface area contributed by atoms with E-state index in [0.717, 1.165) is 38.4 Å². The van der Waals surface area contributed by atoms with E-state index in [0.29, 0.717) is 22.6 Å². The van der Waals surface area contributed by atoms with Crippen LogP contribution in [0.1, 0.15) is 38.7 Å². The van der Waals surface area contributed by atoms with E-state index in [4.69, 9.17) is 0 Å². The number of carbonyl (C=O) groups is 1. The van der Waals surface area contributed by atoms with Gasteiger partial charge in [-0.05, 0) is 36.6 Å². The molecule has 0 spiro atoms. The van der Waals surface area contributed by atoms with Crippen molar-refractivity contribution in [3.8, 4) is 0 Å². The molecule has 0 bridgehead atoms. The number of hydrogen-bond donors (Lipinski definition) is 0. The van der Waals surface area contributed by atoms with E-state index >= 15 is 0 Å². The number of halogens is 7. The van der Waals surface area contributed by atoms with Crippen LogP contribution in [0.4, 0.5) is 30.7 Å².